The van der Waals surface area contributed by atoms with Crippen LogP contribution in [0.1, 0.15) is 19.8 Å². The van der Waals surface area contributed by atoms with Gasteiger partial charge in [0.05, 0.1) is 11.3 Å². The highest BCUT2D eigenvalue weighted by Crippen LogP contribution is 2.35. The summed E-state index contributed by atoms with van der Waals surface area (Å²) in [5.74, 6) is 3.52. The van der Waals surface area contributed by atoms with Gasteiger partial charge < -0.3 is 9.64 Å². The SMILES string of the molecule is CCOc1cccc2sc(N3CCC(N4CCSCC4)CC3)nc12. The van der Waals surface area contributed by atoms with E-state index in [-0.39, 0.29) is 0 Å². The number of hydrogen-bond donors (Lipinski definition) is 0. The van der Waals surface area contributed by atoms with Crippen LogP contribution >= 0.6 is 23.1 Å². The third-order valence-corrected chi connectivity index (χ3v) is 6.99. The first-order valence-electron chi connectivity index (χ1n) is 8.94. The third kappa shape index (κ3) is 3.37. The lowest BCUT2D eigenvalue weighted by Gasteiger charge is -2.40. The zero-order chi connectivity index (χ0) is 16.4. The molecule has 2 aromatic rings. The number of benzene rings is 1. The van der Waals surface area contributed by atoms with Crippen LogP contribution in [0.25, 0.3) is 10.2 Å². The average Bonchev–Trinajstić information content (AvgIpc) is 3.08. The van der Waals surface area contributed by atoms with Gasteiger partial charge in [-0.1, -0.05) is 17.4 Å². The Labute approximate surface area is 152 Å². The Morgan fingerprint density at radius 3 is 2.71 bits per heavy atom. The quantitative estimate of drug-likeness (QED) is 0.826. The zero-order valence-corrected chi connectivity index (χ0v) is 15.9. The molecule has 2 aliphatic rings. The molecule has 24 heavy (non-hydrogen) atoms. The molecule has 2 saturated heterocycles. The fourth-order valence-corrected chi connectivity index (χ4v) is 5.65. The summed E-state index contributed by atoms with van der Waals surface area (Å²) in [4.78, 5) is 10.1. The van der Waals surface area contributed by atoms with Crippen molar-refractivity contribution >= 4 is 38.4 Å². The smallest absolute Gasteiger partial charge is 0.186 e. The number of aromatic nitrogens is 1. The molecule has 3 heterocycles. The van der Waals surface area contributed by atoms with Gasteiger partial charge in [-0.25, -0.2) is 4.98 Å². The highest BCUT2D eigenvalue weighted by molar-refractivity contribution is 7.99. The van der Waals surface area contributed by atoms with Crippen LogP contribution < -0.4 is 9.64 Å². The number of thiazole rings is 1. The topological polar surface area (TPSA) is 28.6 Å². The summed E-state index contributed by atoms with van der Waals surface area (Å²) < 4.78 is 6.96. The standard InChI is InChI=1S/C18H25N3OS2/c1-2-22-15-4-3-5-16-17(15)19-18(24-16)21-8-6-14(7-9-21)20-10-12-23-13-11-20/h3-5,14H,2,6-13H2,1H3. The summed E-state index contributed by atoms with van der Waals surface area (Å²) in [5.41, 5.74) is 1.02. The van der Waals surface area contributed by atoms with Crippen LogP contribution in [0.4, 0.5) is 5.13 Å². The fraction of sp³-hybridized carbons (Fsp3) is 0.611. The van der Waals surface area contributed by atoms with Crippen molar-refractivity contribution in [2.75, 3.05) is 49.2 Å². The van der Waals surface area contributed by atoms with Crippen molar-refractivity contribution in [3.63, 3.8) is 0 Å². The van der Waals surface area contributed by atoms with E-state index in [4.69, 9.17) is 9.72 Å². The maximum Gasteiger partial charge on any atom is 0.186 e. The Kier molecular flexibility index (Phi) is 5.15. The van der Waals surface area contributed by atoms with E-state index in [1.54, 1.807) is 11.3 Å². The van der Waals surface area contributed by atoms with E-state index in [0.29, 0.717) is 6.61 Å². The predicted molar refractivity (Wildman–Crippen MR) is 105 cm³/mol. The number of piperidine rings is 1. The van der Waals surface area contributed by atoms with Gasteiger partial charge in [-0.05, 0) is 31.9 Å². The molecular formula is C18H25N3OS2. The number of hydrogen-bond acceptors (Lipinski definition) is 6. The summed E-state index contributed by atoms with van der Waals surface area (Å²) in [7, 11) is 0. The largest absolute Gasteiger partial charge is 0.492 e. The van der Waals surface area contributed by atoms with Crippen molar-refractivity contribution in [3.05, 3.63) is 18.2 Å². The van der Waals surface area contributed by atoms with Crippen LogP contribution in [0.2, 0.25) is 0 Å². The molecule has 0 atom stereocenters. The molecule has 1 aromatic heterocycles. The maximum atomic E-state index is 5.73. The zero-order valence-electron chi connectivity index (χ0n) is 14.2. The highest BCUT2D eigenvalue weighted by Gasteiger charge is 2.27. The molecule has 6 heteroatoms. The molecule has 1 aromatic carbocycles. The van der Waals surface area contributed by atoms with Crippen molar-refractivity contribution in [2.45, 2.75) is 25.8 Å². The molecule has 0 amide bonds. The van der Waals surface area contributed by atoms with E-state index in [1.807, 2.05) is 13.0 Å². The second kappa shape index (κ2) is 7.50. The summed E-state index contributed by atoms with van der Waals surface area (Å²) in [6.07, 6.45) is 2.53. The Bertz CT molecular complexity index is 676. The molecule has 4 nitrogen and oxygen atoms in total. The van der Waals surface area contributed by atoms with Gasteiger partial charge in [0.15, 0.2) is 5.13 Å². The first kappa shape index (κ1) is 16.5. The van der Waals surface area contributed by atoms with Crippen molar-refractivity contribution in [2.24, 2.45) is 0 Å². The fourth-order valence-electron chi connectivity index (χ4n) is 3.68. The molecule has 0 spiro atoms. The normalized spacial score (nSPS) is 20.6. The Morgan fingerprint density at radius 2 is 1.96 bits per heavy atom. The number of para-hydroxylation sites is 1. The number of rotatable bonds is 4. The third-order valence-electron chi connectivity index (χ3n) is 4.97. The van der Waals surface area contributed by atoms with Crippen LogP contribution in [0, 0.1) is 0 Å². The first-order chi connectivity index (χ1) is 11.8. The van der Waals surface area contributed by atoms with E-state index in [9.17, 15) is 0 Å². The lowest BCUT2D eigenvalue weighted by Crippen LogP contribution is -2.47. The first-order valence-corrected chi connectivity index (χ1v) is 10.9. The van der Waals surface area contributed by atoms with Gasteiger partial charge >= 0.3 is 0 Å². The van der Waals surface area contributed by atoms with Gasteiger partial charge in [0.2, 0.25) is 0 Å². The van der Waals surface area contributed by atoms with Crippen molar-refractivity contribution in [1.29, 1.82) is 0 Å². The van der Waals surface area contributed by atoms with Gasteiger partial charge in [0, 0.05) is 43.7 Å². The Balaban J connectivity index is 1.45. The number of thioether (sulfide) groups is 1. The molecule has 130 valence electrons. The van der Waals surface area contributed by atoms with Crippen molar-refractivity contribution < 1.29 is 4.74 Å². The van der Waals surface area contributed by atoms with Crippen LogP contribution in [0.5, 0.6) is 5.75 Å². The lowest BCUT2D eigenvalue weighted by atomic mass is 10.0. The highest BCUT2D eigenvalue weighted by atomic mass is 32.2. The van der Waals surface area contributed by atoms with Crippen molar-refractivity contribution in [1.82, 2.24) is 9.88 Å². The molecule has 0 N–H and O–H groups in total. The molecule has 0 radical (unpaired) electrons. The number of nitrogens with zero attached hydrogens (tertiary/aromatic N) is 3. The number of fused-ring (bicyclic) bond motifs is 1. The van der Waals surface area contributed by atoms with E-state index < -0.39 is 0 Å². The van der Waals surface area contributed by atoms with Crippen LogP contribution in [-0.4, -0.2) is 60.2 Å². The summed E-state index contributed by atoms with van der Waals surface area (Å²) >= 11 is 3.89. The summed E-state index contributed by atoms with van der Waals surface area (Å²) in [6, 6.07) is 7.01. The molecular weight excluding hydrogens is 338 g/mol. The van der Waals surface area contributed by atoms with Gasteiger partial charge in [-0.3, -0.25) is 4.90 Å². The van der Waals surface area contributed by atoms with Crippen molar-refractivity contribution in [3.8, 4) is 5.75 Å². The lowest BCUT2D eigenvalue weighted by molar-refractivity contribution is 0.186. The van der Waals surface area contributed by atoms with E-state index in [0.717, 1.165) is 35.5 Å². The van der Waals surface area contributed by atoms with E-state index in [2.05, 4.69) is 33.7 Å². The van der Waals surface area contributed by atoms with Crippen LogP contribution in [0.15, 0.2) is 18.2 Å². The minimum atomic E-state index is 0.686. The average molecular weight is 364 g/mol. The number of ether oxygens (including phenoxy) is 1. The number of anilines is 1. The van der Waals surface area contributed by atoms with Gasteiger partial charge in [-0.15, -0.1) is 0 Å². The monoisotopic (exact) mass is 363 g/mol. The molecule has 0 unspecified atom stereocenters. The van der Waals surface area contributed by atoms with Crippen LogP contribution in [-0.2, 0) is 0 Å². The van der Waals surface area contributed by atoms with E-state index >= 15 is 0 Å². The molecule has 0 bridgehead atoms. The summed E-state index contributed by atoms with van der Waals surface area (Å²) in [5, 5.41) is 1.16. The van der Waals surface area contributed by atoms with Crippen LogP contribution in [0.3, 0.4) is 0 Å². The van der Waals surface area contributed by atoms with Gasteiger partial charge in [-0.2, -0.15) is 11.8 Å². The Morgan fingerprint density at radius 1 is 1.17 bits per heavy atom. The van der Waals surface area contributed by atoms with Gasteiger partial charge in [0.25, 0.3) is 0 Å². The molecule has 4 rings (SSSR count). The minimum absolute atomic E-state index is 0.686. The van der Waals surface area contributed by atoms with E-state index in [1.165, 1.54) is 42.1 Å². The minimum Gasteiger partial charge on any atom is -0.492 e. The molecule has 2 fully saturated rings. The molecule has 2 aliphatic heterocycles. The summed E-state index contributed by atoms with van der Waals surface area (Å²) in [6.45, 7) is 7.50. The Hall–Kier alpha value is -0.980. The molecule has 0 aliphatic carbocycles. The second-order valence-electron chi connectivity index (χ2n) is 6.40. The maximum absolute atomic E-state index is 5.73. The second-order valence-corrected chi connectivity index (χ2v) is 8.63. The molecule has 0 saturated carbocycles. The van der Waals surface area contributed by atoms with Gasteiger partial charge in [0.1, 0.15) is 11.3 Å². The predicted octanol–water partition coefficient (Wildman–Crippen LogP) is 3.71.